The van der Waals surface area contributed by atoms with Crippen LogP contribution in [-0.4, -0.2) is 36.2 Å². The zero-order valence-electron chi connectivity index (χ0n) is 11.8. The number of sulfone groups is 1. The molecule has 1 aliphatic heterocycles. The molecule has 5 nitrogen and oxygen atoms in total. The van der Waals surface area contributed by atoms with Crippen molar-refractivity contribution in [2.75, 3.05) is 18.1 Å². The van der Waals surface area contributed by atoms with Crippen molar-refractivity contribution in [1.82, 2.24) is 15.1 Å². The smallest absolute Gasteiger partial charge is 0.152 e. The first kappa shape index (κ1) is 15.5. The molecule has 1 N–H and O–H groups in total. The number of halogens is 1. The Balaban J connectivity index is 2.14. The second-order valence-corrected chi connectivity index (χ2v) is 8.03. The molecule has 112 valence electrons. The summed E-state index contributed by atoms with van der Waals surface area (Å²) in [4.78, 5) is 0. The first-order valence-corrected chi connectivity index (χ1v) is 8.79. The van der Waals surface area contributed by atoms with Gasteiger partial charge in [0.2, 0.25) is 0 Å². The summed E-state index contributed by atoms with van der Waals surface area (Å²) in [5, 5.41) is 8.28. The van der Waals surface area contributed by atoms with Gasteiger partial charge in [-0.05, 0) is 20.3 Å². The predicted molar refractivity (Wildman–Crippen MR) is 80.7 cm³/mol. The van der Waals surface area contributed by atoms with Crippen LogP contribution in [0, 0.1) is 13.8 Å². The lowest BCUT2D eigenvalue weighted by Gasteiger charge is -2.11. The highest BCUT2D eigenvalue weighted by Crippen LogP contribution is 2.26. The van der Waals surface area contributed by atoms with Crippen molar-refractivity contribution in [1.29, 1.82) is 0 Å². The lowest BCUT2D eigenvalue weighted by atomic mass is 10.2. The van der Waals surface area contributed by atoms with E-state index in [9.17, 15) is 8.42 Å². The number of hydrogen-bond donors (Lipinski definition) is 1. The Kier molecular flexibility index (Phi) is 4.56. The Morgan fingerprint density at radius 3 is 2.80 bits per heavy atom. The molecule has 0 bridgehead atoms. The summed E-state index contributed by atoms with van der Waals surface area (Å²) >= 11 is 5.72. The minimum absolute atomic E-state index is 0.0320. The minimum atomic E-state index is -2.90. The van der Waals surface area contributed by atoms with Crippen molar-refractivity contribution in [3.8, 4) is 0 Å². The third kappa shape index (κ3) is 3.42. The van der Waals surface area contributed by atoms with E-state index >= 15 is 0 Å². The maximum atomic E-state index is 11.6. The molecule has 20 heavy (non-hydrogen) atoms. The minimum Gasteiger partial charge on any atom is -0.308 e. The first-order chi connectivity index (χ1) is 9.30. The van der Waals surface area contributed by atoms with E-state index < -0.39 is 9.84 Å². The molecule has 1 aliphatic rings. The normalized spacial score (nSPS) is 21.2. The van der Waals surface area contributed by atoms with Gasteiger partial charge in [-0.3, -0.25) is 4.68 Å². The van der Waals surface area contributed by atoms with Crippen LogP contribution in [-0.2, 0) is 16.4 Å². The number of hydrogen-bond acceptors (Lipinski definition) is 4. The number of nitrogens with one attached hydrogen (secondary N) is 1. The average molecular weight is 318 g/mol. The van der Waals surface area contributed by atoms with Crippen molar-refractivity contribution >= 4 is 21.4 Å². The standard InChI is InChI=1S/C13H20ClN3O2S/c1-9(14)6-15-7-13-10(2)16-17(11(13)3)12-4-5-20(18,19)8-12/h12,15H,1,4-8H2,2-3H3. The fourth-order valence-electron chi connectivity index (χ4n) is 2.60. The fraction of sp³-hybridized carbons (Fsp3) is 0.615. The third-order valence-corrected chi connectivity index (χ3v) is 5.53. The van der Waals surface area contributed by atoms with Gasteiger partial charge in [0.25, 0.3) is 0 Å². The van der Waals surface area contributed by atoms with Crippen LogP contribution in [0.4, 0.5) is 0 Å². The highest BCUT2D eigenvalue weighted by atomic mass is 35.5. The molecular formula is C13H20ClN3O2S. The maximum absolute atomic E-state index is 11.6. The topological polar surface area (TPSA) is 64.0 Å². The molecule has 0 spiro atoms. The van der Waals surface area contributed by atoms with Gasteiger partial charge in [-0.25, -0.2) is 8.42 Å². The molecule has 1 fully saturated rings. The SMILES string of the molecule is C=C(Cl)CNCc1c(C)nn(C2CCS(=O)(=O)C2)c1C. The van der Waals surface area contributed by atoms with Crippen molar-refractivity contribution in [2.24, 2.45) is 0 Å². The molecule has 1 saturated heterocycles. The van der Waals surface area contributed by atoms with E-state index in [2.05, 4.69) is 17.0 Å². The largest absolute Gasteiger partial charge is 0.308 e. The van der Waals surface area contributed by atoms with Gasteiger partial charge in [0, 0.05) is 29.4 Å². The predicted octanol–water partition coefficient (Wildman–Crippen LogP) is 1.70. The van der Waals surface area contributed by atoms with Gasteiger partial charge in [0.15, 0.2) is 9.84 Å². The van der Waals surface area contributed by atoms with E-state index in [4.69, 9.17) is 11.6 Å². The molecule has 1 unspecified atom stereocenters. The molecule has 0 aromatic carbocycles. The van der Waals surface area contributed by atoms with Crippen LogP contribution in [0.25, 0.3) is 0 Å². The van der Waals surface area contributed by atoms with Crippen LogP contribution in [0.3, 0.4) is 0 Å². The van der Waals surface area contributed by atoms with Crippen molar-refractivity contribution < 1.29 is 8.42 Å². The van der Waals surface area contributed by atoms with Gasteiger partial charge in [-0.1, -0.05) is 18.2 Å². The second-order valence-electron chi connectivity index (χ2n) is 5.27. The Labute approximate surface area is 124 Å². The molecule has 2 heterocycles. The van der Waals surface area contributed by atoms with Gasteiger partial charge >= 0.3 is 0 Å². The highest BCUT2D eigenvalue weighted by molar-refractivity contribution is 7.91. The van der Waals surface area contributed by atoms with Crippen molar-refractivity contribution in [3.63, 3.8) is 0 Å². The molecule has 1 aromatic rings. The van der Waals surface area contributed by atoms with Gasteiger partial charge in [0.05, 0.1) is 23.2 Å². The molecule has 0 aliphatic carbocycles. The molecule has 1 aromatic heterocycles. The van der Waals surface area contributed by atoms with Crippen LogP contribution in [0.1, 0.15) is 29.4 Å². The molecule has 0 saturated carbocycles. The van der Waals surface area contributed by atoms with Crippen molar-refractivity contribution in [3.05, 3.63) is 28.6 Å². The van der Waals surface area contributed by atoms with Gasteiger partial charge < -0.3 is 5.32 Å². The molecule has 0 radical (unpaired) electrons. The van der Waals surface area contributed by atoms with Crippen LogP contribution in [0.2, 0.25) is 0 Å². The Hall–Kier alpha value is -0.850. The van der Waals surface area contributed by atoms with E-state index in [-0.39, 0.29) is 17.5 Å². The van der Waals surface area contributed by atoms with Gasteiger partial charge in [-0.2, -0.15) is 5.10 Å². The summed E-state index contributed by atoms with van der Waals surface area (Å²) in [7, 11) is -2.90. The van der Waals surface area contributed by atoms with E-state index in [1.807, 2.05) is 18.5 Å². The Morgan fingerprint density at radius 1 is 1.55 bits per heavy atom. The summed E-state index contributed by atoms with van der Waals surface area (Å²) in [5.41, 5.74) is 3.06. The van der Waals surface area contributed by atoms with Gasteiger partial charge in [-0.15, -0.1) is 0 Å². The summed E-state index contributed by atoms with van der Waals surface area (Å²) in [6, 6.07) is -0.0320. The van der Waals surface area contributed by atoms with E-state index in [1.165, 1.54) is 0 Å². The molecule has 1 atom stereocenters. The van der Waals surface area contributed by atoms with Crippen LogP contribution in [0.15, 0.2) is 11.6 Å². The molecular weight excluding hydrogens is 298 g/mol. The summed E-state index contributed by atoms with van der Waals surface area (Å²) in [5.74, 6) is 0.454. The summed E-state index contributed by atoms with van der Waals surface area (Å²) < 4.78 is 25.0. The zero-order valence-corrected chi connectivity index (χ0v) is 13.4. The van der Waals surface area contributed by atoms with Crippen LogP contribution < -0.4 is 5.32 Å². The number of rotatable bonds is 5. The maximum Gasteiger partial charge on any atom is 0.152 e. The fourth-order valence-corrected chi connectivity index (χ4v) is 4.39. The second kappa shape index (κ2) is 5.87. The van der Waals surface area contributed by atoms with Crippen LogP contribution >= 0.6 is 11.6 Å². The number of aromatic nitrogens is 2. The monoisotopic (exact) mass is 317 g/mol. The Morgan fingerprint density at radius 2 is 2.25 bits per heavy atom. The third-order valence-electron chi connectivity index (χ3n) is 3.65. The van der Waals surface area contributed by atoms with Crippen molar-refractivity contribution in [2.45, 2.75) is 32.9 Å². The Bertz CT molecular complexity index is 622. The number of nitrogens with zero attached hydrogens (tertiary/aromatic N) is 2. The van der Waals surface area contributed by atoms with E-state index in [1.54, 1.807) is 0 Å². The lowest BCUT2D eigenvalue weighted by Crippen LogP contribution is -2.17. The molecule has 2 rings (SSSR count). The average Bonchev–Trinajstić information content (AvgIpc) is 2.82. The van der Waals surface area contributed by atoms with E-state index in [0.29, 0.717) is 24.5 Å². The summed E-state index contributed by atoms with van der Waals surface area (Å²) in [6.07, 6.45) is 0.648. The molecule has 0 amide bonds. The number of aryl methyl sites for hydroxylation is 1. The highest BCUT2D eigenvalue weighted by Gasteiger charge is 2.31. The summed E-state index contributed by atoms with van der Waals surface area (Å²) in [6.45, 7) is 8.76. The first-order valence-electron chi connectivity index (χ1n) is 6.59. The van der Waals surface area contributed by atoms with Crippen LogP contribution in [0.5, 0.6) is 0 Å². The zero-order chi connectivity index (χ0) is 14.9. The molecule has 7 heteroatoms. The van der Waals surface area contributed by atoms with E-state index in [0.717, 1.165) is 17.0 Å². The van der Waals surface area contributed by atoms with Gasteiger partial charge in [0.1, 0.15) is 0 Å². The quantitative estimate of drug-likeness (QED) is 0.898. The lowest BCUT2D eigenvalue weighted by molar-refractivity contribution is 0.485.